The van der Waals surface area contributed by atoms with E-state index in [9.17, 15) is 9.59 Å². The number of hydrogen-bond acceptors (Lipinski definition) is 4. The number of nitrogens with one attached hydrogen (secondary N) is 2. The number of aromatic amines is 1. The van der Waals surface area contributed by atoms with Gasteiger partial charge in [-0.15, -0.1) is 0 Å². The number of amides is 3. The first-order valence-electron chi connectivity index (χ1n) is 15.7. The van der Waals surface area contributed by atoms with Gasteiger partial charge in [-0.3, -0.25) is 9.89 Å². The topological polar surface area (TPSA) is 84.6 Å². The van der Waals surface area contributed by atoms with Gasteiger partial charge in [0, 0.05) is 49.1 Å². The normalized spacial score (nSPS) is 20.1. The zero-order valence-electron chi connectivity index (χ0n) is 24.7. The fourth-order valence-corrected chi connectivity index (χ4v) is 7.55. The van der Waals surface area contributed by atoms with E-state index in [1.165, 1.54) is 32.4 Å². The largest absolute Gasteiger partial charge is 0.341 e. The first-order valence-corrected chi connectivity index (χ1v) is 16.1. The minimum Gasteiger partial charge on any atom is -0.341 e. The molecule has 0 radical (unpaired) electrons. The molecule has 0 aliphatic carbocycles. The standard InChI is InChI=1S/C33H43ClN6O2/c1-23-19-24(20-26-22-35-37-31(23)26)21-30(32(41)39-17-11-27(12-18-39)38-13-5-2-6-14-38)36-33(42)40-15-9-25(10-16-40)28-7-3-4-8-29(28)34/h3-4,7-8,19-20,22,25,27,30H,2,5-6,9-18,21H2,1H3,(H,35,37)(H,36,42)/t30-/m1/s1. The summed E-state index contributed by atoms with van der Waals surface area (Å²) < 4.78 is 0. The monoisotopic (exact) mass is 590 g/mol. The predicted molar refractivity (Wildman–Crippen MR) is 167 cm³/mol. The van der Waals surface area contributed by atoms with E-state index in [2.05, 4.69) is 38.6 Å². The van der Waals surface area contributed by atoms with Crippen molar-refractivity contribution in [3.8, 4) is 0 Å². The fraction of sp³-hybridized carbons (Fsp3) is 0.545. The summed E-state index contributed by atoms with van der Waals surface area (Å²) in [5.74, 6) is 0.363. The average Bonchev–Trinajstić information content (AvgIpc) is 3.51. The molecule has 3 saturated heterocycles. The second-order valence-corrected chi connectivity index (χ2v) is 12.8. The summed E-state index contributed by atoms with van der Waals surface area (Å²) in [6.07, 6.45) is 9.88. The van der Waals surface area contributed by atoms with Gasteiger partial charge in [-0.1, -0.05) is 42.3 Å². The highest BCUT2D eigenvalue weighted by Crippen LogP contribution is 2.32. The number of aryl methyl sites for hydroxylation is 1. The molecular formula is C33H43ClN6O2. The van der Waals surface area contributed by atoms with E-state index in [0.29, 0.717) is 31.5 Å². The van der Waals surface area contributed by atoms with Crippen molar-refractivity contribution in [1.82, 2.24) is 30.2 Å². The van der Waals surface area contributed by atoms with Gasteiger partial charge in [0.05, 0.1) is 11.7 Å². The molecule has 2 aromatic carbocycles. The number of rotatable bonds is 6. The number of aromatic nitrogens is 2. The van der Waals surface area contributed by atoms with Gasteiger partial charge in [0.25, 0.3) is 0 Å². The number of H-pyrrole nitrogens is 1. The number of hydrogen-bond donors (Lipinski definition) is 2. The fourth-order valence-electron chi connectivity index (χ4n) is 7.26. The van der Waals surface area contributed by atoms with Crippen LogP contribution in [-0.2, 0) is 11.2 Å². The van der Waals surface area contributed by atoms with Gasteiger partial charge in [-0.2, -0.15) is 5.10 Å². The summed E-state index contributed by atoms with van der Waals surface area (Å²) in [5, 5.41) is 12.2. The van der Waals surface area contributed by atoms with Crippen molar-refractivity contribution in [3.05, 3.63) is 64.3 Å². The minimum atomic E-state index is -0.617. The smallest absolute Gasteiger partial charge is 0.318 e. The molecule has 1 atom stereocenters. The molecule has 2 N–H and O–H groups in total. The van der Waals surface area contributed by atoms with Gasteiger partial charge in [0.1, 0.15) is 6.04 Å². The summed E-state index contributed by atoms with van der Waals surface area (Å²) in [5.41, 5.74) is 4.28. The van der Waals surface area contributed by atoms with Crippen molar-refractivity contribution in [2.75, 3.05) is 39.3 Å². The summed E-state index contributed by atoms with van der Waals surface area (Å²) >= 11 is 6.46. The van der Waals surface area contributed by atoms with Crippen LogP contribution in [0.15, 0.2) is 42.6 Å². The molecule has 0 bridgehead atoms. The summed E-state index contributed by atoms with van der Waals surface area (Å²) in [6.45, 7) is 7.19. The molecule has 224 valence electrons. The number of halogens is 1. The highest BCUT2D eigenvalue weighted by atomic mass is 35.5. The Balaban J connectivity index is 1.13. The Morgan fingerprint density at radius 1 is 0.976 bits per heavy atom. The average molecular weight is 591 g/mol. The van der Waals surface area contributed by atoms with E-state index in [1.54, 1.807) is 0 Å². The minimum absolute atomic E-state index is 0.0244. The molecule has 3 aliphatic heterocycles. The highest BCUT2D eigenvalue weighted by Gasteiger charge is 2.33. The lowest BCUT2D eigenvalue weighted by molar-refractivity contribution is -0.134. The molecule has 42 heavy (non-hydrogen) atoms. The van der Waals surface area contributed by atoms with Gasteiger partial charge in [0.15, 0.2) is 0 Å². The number of piperidine rings is 3. The van der Waals surface area contributed by atoms with Crippen LogP contribution < -0.4 is 5.32 Å². The third-order valence-corrected chi connectivity index (χ3v) is 10.00. The third-order valence-electron chi connectivity index (χ3n) is 9.65. The molecule has 0 unspecified atom stereocenters. The molecule has 1 aromatic heterocycles. The van der Waals surface area contributed by atoms with Gasteiger partial charge in [-0.05, 0) is 93.3 Å². The van der Waals surface area contributed by atoms with E-state index in [0.717, 1.165) is 71.4 Å². The van der Waals surface area contributed by atoms with Crippen LogP contribution in [-0.4, -0.2) is 88.2 Å². The number of likely N-dealkylation sites (tertiary alicyclic amines) is 3. The van der Waals surface area contributed by atoms with E-state index < -0.39 is 6.04 Å². The first-order chi connectivity index (χ1) is 20.5. The van der Waals surface area contributed by atoms with Crippen molar-refractivity contribution in [3.63, 3.8) is 0 Å². The zero-order valence-corrected chi connectivity index (χ0v) is 25.4. The quantitative estimate of drug-likeness (QED) is 0.397. The lowest BCUT2D eigenvalue weighted by atomic mass is 9.89. The van der Waals surface area contributed by atoms with E-state index in [4.69, 9.17) is 11.6 Å². The number of benzene rings is 2. The van der Waals surface area contributed by atoms with Crippen LogP contribution >= 0.6 is 11.6 Å². The Labute approximate surface area is 253 Å². The predicted octanol–water partition coefficient (Wildman–Crippen LogP) is 5.50. The number of nitrogens with zero attached hydrogens (tertiary/aromatic N) is 4. The Morgan fingerprint density at radius 2 is 1.69 bits per heavy atom. The zero-order chi connectivity index (χ0) is 29.1. The molecule has 8 nitrogen and oxygen atoms in total. The SMILES string of the molecule is Cc1cc(C[C@@H](NC(=O)N2CCC(c3ccccc3Cl)CC2)C(=O)N2CCC(N3CCCCC3)CC2)cc2cn[nH]c12. The van der Waals surface area contributed by atoms with Crippen LogP contribution in [0.2, 0.25) is 5.02 Å². The van der Waals surface area contributed by atoms with Crippen molar-refractivity contribution in [2.45, 2.75) is 76.3 Å². The summed E-state index contributed by atoms with van der Waals surface area (Å²) in [4.78, 5) is 34.1. The van der Waals surface area contributed by atoms with E-state index in [1.807, 2.05) is 41.1 Å². The lowest BCUT2D eigenvalue weighted by Crippen LogP contribution is -2.56. The second kappa shape index (κ2) is 13.0. The number of carbonyl (C=O) groups excluding carboxylic acids is 2. The van der Waals surface area contributed by atoms with Crippen LogP contribution in [0.5, 0.6) is 0 Å². The molecule has 4 heterocycles. The maximum atomic E-state index is 14.0. The van der Waals surface area contributed by atoms with E-state index >= 15 is 0 Å². The van der Waals surface area contributed by atoms with Crippen molar-refractivity contribution in [1.29, 1.82) is 0 Å². The molecule has 6 rings (SSSR count). The Kier molecular flexibility index (Phi) is 9.00. The van der Waals surface area contributed by atoms with Crippen molar-refractivity contribution >= 4 is 34.4 Å². The third kappa shape index (κ3) is 6.45. The molecule has 9 heteroatoms. The maximum Gasteiger partial charge on any atom is 0.318 e. The number of fused-ring (bicyclic) bond motifs is 1. The highest BCUT2D eigenvalue weighted by molar-refractivity contribution is 6.31. The van der Waals surface area contributed by atoms with Gasteiger partial charge >= 0.3 is 6.03 Å². The molecule has 0 saturated carbocycles. The molecule has 3 aliphatic rings. The van der Waals surface area contributed by atoms with Crippen LogP contribution in [0.25, 0.3) is 10.9 Å². The molecule has 0 spiro atoms. The maximum absolute atomic E-state index is 14.0. The Morgan fingerprint density at radius 3 is 2.43 bits per heavy atom. The molecule has 3 aromatic rings. The van der Waals surface area contributed by atoms with Crippen molar-refractivity contribution in [2.24, 2.45) is 0 Å². The van der Waals surface area contributed by atoms with Gasteiger partial charge < -0.3 is 20.0 Å². The van der Waals surface area contributed by atoms with Gasteiger partial charge in [-0.25, -0.2) is 4.79 Å². The molecule has 3 amide bonds. The van der Waals surface area contributed by atoms with Crippen molar-refractivity contribution < 1.29 is 9.59 Å². The first kappa shape index (κ1) is 29.0. The number of urea groups is 1. The summed E-state index contributed by atoms with van der Waals surface area (Å²) in [6, 6.07) is 12.0. The number of carbonyl (C=O) groups is 2. The second-order valence-electron chi connectivity index (χ2n) is 12.4. The van der Waals surface area contributed by atoms with Crippen LogP contribution in [0.4, 0.5) is 4.79 Å². The summed E-state index contributed by atoms with van der Waals surface area (Å²) in [7, 11) is 0. The molecular weight excluding hydrogens is 548 g/mol. The Bertz CT molecular complexity index is 1390. The lowest BCUT2D eigenvalue weighted by Gasteiger charge is -2.41. The van der Waals surface area contributed by atoms with Crippen LogP contribution in [0.1, 0.15) is 67.6 Å². The van der Waals surface area contributed by atoms with Crippen LogP contribution in [0, 0.1) is 6.92 Å². The molecule has 3 fully saturated rings. The Hall–Kier alpha value is -3.10. The van der Waals surface area contributed by atoms with Crippen LogP contribution in [0.3, 0.4) is 0 Å². The van der Waals surface area contributed by atoms with Gasteiger partial charge in [0.2, 0.25) is 5.91 Å². The van der Waals surface area contributed by atoms with E-state index in [-0.39, 0.29) is 11.9 Å².